The van der Waals surface area contributed by atoms with E-state index in [1.165, 1.54) is 6.21 Å². The molecule has 1 aromatic carbocycles. The highest BCUT2D eigenvalue weighted by Gasteiger charge is 2.05. The van der Waals surface area contributed by atoms with Gasteiger partial charge >= 0.3 is 0 Å². The Morgan fingerprint density at radius 3 is 2.94 bits per heavy atom. The summed E-state index contributed by atoms with van der Waals surface area (Å²) in [6.45, 7) is 0. The molecule has 17 heavy (non-hydrogen) atoms. The number of phenolic OH excluding ortho intramolecular Hbond substituents is 1. The van der Waals surface area contributed by atoms with Gasteiger partial charge in [0.2, 0.25) is 0 Å². The maximum Gasteiger partial charge on any atom is 0.254 e. The Labute approximate surface area is 125 Å². The van der Waals surface area contributed by atoms with Crippen LogP contribution in [0.15, 0.2) is 17.2 Å². The van der Waals surface area contributed by atoms with Crippen molar-refractivity contribution in [2.45, 2.75) is 6.42 Å². The molecule has 0 saturated heterocycles. The zero-order valence-electron chi connectivity index (χ0n) is 8.44. The van der Waals surface area contributed by atoms with Crippen LogP contribution in [0.25, 0.3) is 0 Å². The minimum atomic E-state index is -0.483. The largest absolute Gasteiger partial charge is 0.506 e. The monoisotopic (exact) mass is 455 g/mol. The summed E-state index contributed by atoms with van der Waals surface area (Å²) in [7, 11) is 0. The maximum absolute atomic E-state index is 10.9. The molecule has 88 valence electrons. The highest BCUT2D eigenvalue weighted by Crippen LogP contribution is 2.25. The van der Waals surface area contributed by atoms with Crippen molar-refractivity contribution in [3.05, 3.63) is 24.8 Å². The lowest BCUT2D eigenvalue weighted by atomic mass is 10.2. The molecule has 0 radical (unpaired) electrons. The van der Waals surface area contributed by atoms with Crippen LogP contribution in [0, 0.1) is 18.5 Å². The number of carbonyl (C=O) groups is 1. The molecule has 1 amide bonds. The second-order valence-electron chi connectivity index (χ2n) is 2.95. The molecule has 2 N–H and O–H groups in total. The van der Waals surface area contributed by atoms with E-state index in [0.717, 1.165) is 3.57 Å². The minimum absolute atomic E-state index is 0.115. The number of carbonyl (C=O) groups excluding carboxylic acids is 1. The Kier molecular flexibility index (Phi) is 5.63. The molecule has 1 rings (SSSR count). The number of rotatable bonds is 3. The van der Waals surface area contributed by atoms with Gasteiger partial charge in [0.05, 0.1) is 15.9 Å². The lowest BCUT2D eigenvalue weighted by Crippen LogP contribution is -2.16. The van der Waals surface area contributed by atoms with Gasteiger partial charge in [0.1, 0.15) is 12.2 Å². The van der Waals surface area contributed by atoms with E-state index >= 15 is 0 Å². The summed E-state index contributed by atoms with van der Waals surface area (Å²) in [4.78, 5) is 10.9. The summed E-state index contributed by atoms with van der Waals surface area (Å²) >= 11 is 4.13. The average molecular weight is 455 g/mol. The van der Waals surface area contributed by atoms with Crippen LogP contribution in [0.4, 0.5) is 0 Å². The Bertz CT molecular complexity index is 509. The van der Waals surface area contributed by atoms with E-state index < -0.39 is 5.91 Å². The topological polar surface area (TPSA) is 85.5 Å². The predicted molar refractivity (Wildman–Crippen MR) is 79.5 cm³/mol. The third-order valence-corrected chi connectivity index (χ3v) is 3.14. The van der Waals surface area contributed by atoms with E-state index in [1.807, 2.05) is 28.7 Å². The quantitative estimate of drug-likeness (QED) is 0.416. The van der Waals surface area contributed by atoms with Gasteiger partial charge in [0.25, 0.3) is 5.91 Å². The first-order chi connectivity index (χ1) is 8.04. The molecule has 0 saturated carbocycles. The number of hydrazone groups is 1. The van der Waals surface area contributed by atoms with Gasteiger partial charge in [-0.1, -0.05) is 0 Å². The molecule has 1 aromatic rings. The van der Waals surface area contributed by atoms with Crippen LogP contribution in [-0.2, 0) is 4.79 Å². The van der Waals surface area contributed by atoms with Gasteiger partial charge in [-0.15, -0.1) is 0 Å². The van der Waals surface area contributed by atoms with Crippen LogP contribution in [0.5, 0.6) is 5.75 Å². The zero-order chi connectivity index (χ0) is 12.8. The first-order valence-electron chi connectivity index (χ1n) is 4.41. The fourth-order valence-electron chi connectivity index (χ4n) is 0.969. The average Bonchev–Trinajstić information content (AvgIpc) is 2.25. The molecular weight excluding hydrogens is 448 g/mol. The molecule has 0 heterocycles. The number of nitriles is 1. The smallest absolute Gasteiger partial charge is 0.254 e. The van der Waals surface area contributed by atoms with Gasteiger partial charge < -0.3 is 5.11 Å². The maximum atomic E-state index is 10.9. The fraction of sp³-hybridized carbons (Fsp3) is 0.100. The van der Waals surface area contributed by atoms with Crippen LogP contribution in [0.3, 0.4) is 0 Å². The van der Waals surface area contributed by atoms with Crippen molar-refractivity contribution in [1.29, 1.82) is 5.26 Å². The van der Waals surface area contributed by atoms with Gasteiger partial charge in [0, 0.05) is 9.13 Å². The van der Waals surface area contributed by atoms with Gasteiger partial charge in [-0.3, -0.25) is 4.79 Å². The number of amides is 1. The second kappa shape index (κ2) is 6.75. The fourth-order valence-corrected chi connectivity index (χ4v) is 2.86. The summed E-state index contributed by atoms with van der Waals surface area (Å²) in [5.41, 5.74) is 2.70. The number of halogens is 2. The first-order valence-corrected chi connectivity index (χ1v) is 6.57. The van der Waals surface area contributed by atoms with Crippen LogP contribution < -0.4 is 5.43 Å². The van der Waals surface area contributed by atoms with E-state index in [0.29, 0.717) is 9.13 Å². The molecule has 0 aromatic heterocycles. The van der Waals surface area contributed by atoms with Crippen molar-refractivity contribution in [2.24, 2.45) is 5.10 Å². The lowest BCUT2D eigenvalue weighted by Gasteiger charge is -2.02. The SMILES string of the molecule is N#CCC(=O)NN=Cc1cc(I)cc(I)c1O. The van der Waals surface area contributed by atoms with Gasteiger partial charge in [-0.25, -0.2) is 5.43 Å². The van der Waals surface area contributed by atoms with Crippen LogP contribution in [-0.4, -0.2) is 17.2 Å². The molecular formula is C10H7I2N3O2. The van der Waals surface area contributed by atoms with E-state index in [1.54, 1.807) is 12.1 Å². The standard InChI is InChI=1S/C10H7I2N3O2/c11-7-3-6(10(17)8(12)4-7)5-14-15-9(16)1-2-13/h3-5,17H,1H2,(H,15,16). The van der Waals surface area contributed by atoms with Crippen molar-refractivity contribution in [2.75, 3.05) is 0 Å². The van der Waals surface area contributed by atoms with Crippen LogP contribution in [0.2, 0.25) is 0 Å². The second-order valence-corrected chi connectivity index (χ2v) is 5.36. The van der Waals surface area contributed by atoms with Crippen molar-refractivity contribution in [3.8, 4) is 11.8 Å². The zero-order valence-corrected chi connectivity index (χ0v) is 12.8. The molecule has 0 spiro atoms. The summed E-state index contributed by atoms with van der Waals surface area (Å²) in [5.74, 6) is -0.368. The number of hydrogen-bond acceptors (Lipinski definition) is 4. The summed E-state index contributed by atoms with van der Waals surface area (Å²) in [6, 6.07) is 5.26. The Balaban J connectivity index is 2.79. The number of benzene rings is 1. The Hall–Kier alpha value is -0.890. The third-order valence-electron chi connectivity index (χ3n) is 1.69. The lowest BCUT2D eigenvalue weighted by molar-refractivity contribution is -0.120. The highest BCUT2D eigenvalue weighted by atomic mass is 127. The van der Waals surface area contributed by atoms with E-state index in [2.05, 4.69) is 33.1 Å². The molecule has 0 unspecified atom stereocenters. The number of nitrogens with one attached hydrogen (secondary N) is 1. The Morgan fingerprint density at radius 1 is 1.59 bits per heavy atom. The molecule has 0 bridgehead atoms. The van der Waals surface area contributed by atoms with E-state index in [9.17, 15) is 9.90 Å². The summed E-state index contributed by atoms with van der Waals surface area (Å²) in [6.07, 6.45) is 1.10. The van der Waals surface area contributed by atoms with Gasteiger partial charge in [-0.05, 0) is 57.3 Å². The molecule has 0 fully saturated rings. The third kappa shape index (κ3) is 4.47. The minimum Gasteiger partial charge on any atom is -0.506 e. The molecule has 0 atom stereocenters. The number of aromatic hydroxyl groups is 1. The number of nitrogens with zero attached hydrogens (tertiary/aromatic N) is 2. The number of phenols is 1. The van der Waals surface area contributed by atoms with E-state index in [4.69, 9.17) is 5.26 Å². The molecule has 0 aliphatic rings. The molecule has 0 aliphatic heterocycles. The summed E-state index contributed by atoms with van der Waals surface area (Å²) < 4.78 is 1.66. The van der Waals surface area contributed by atoms with Crippen molar-refractivity contribution < 1.29 is 9.90 Å². The van der Waals surface area contributed by atoms with Crippen molar-refractivity contribution >= 4 is 57.3 Å². The normalized spacial score (nSPS) is 10.2. The van der Waals surface area contributed by atoms with Crippen molar-refractivity contribution in [1.82, 2.24) is 5.43 Å². The first kappa shape index (κ1) is 14.2. The summed E-state index contributed by atoms with van der Waals surface area (Å²) in [5, 5.41) is 21.6. The molecule has 5 nitrogen and oxygen atoms in total. The predicted octanol–water partition coefficient (Wildman–Crippen LogP) is 1.97. The van der Waals surface area contributed by atoms with E-state index in [-0.39, 0.29) is 12.2 Å². The number of hydrogen-bond donors (Lipinski definition) is 2. The van der Waals surface area contributed by atoms with Crippen LogP contribution >= 0.6 is 45.2 Å². The molecule has 0 aliphatic carbocycles. The molecule has 7 heteroatoms. The van der Waals surface area contributed by atoms with Crippen molar-refractivity contribution in [3.63, 3.8) is 0 Å². The highest BCUT2D eigenvalue weighted by molar-refractivity contribution is 14.1. The van der Waals surface area contributed by atoms with Crippen LogP contribution in [0.1, 0.15) is 12.0 Å². The van der Waals surface area contributed by atoms with Gasteiger partial charge in [-0.2, -0.15) is 10.4 Å². The Morgan fingerprint density at radius 2 is 2.29 bits per heavy atom. The van der Waals surface area contributed by atoms with Gasteiger partial charge in [0.15, 0.2) is 0 Å².